The van der Waals surface area contributed by atoms with Gasteiger partial charge in [0.15, 0.2) is 8.32 Å². The van der Waals surface area contributed by atoms with Gasteiger partial charge in [0.2, 0.25) is 0 Å². The quantitative estimate of drug-likeness (QED) is 0.365. The molecule has 0 N–H and O–H groups in total. The van der Waals surface area contributed by atoms with Gasteiger partial charge in [0.05, 0.1) is 13.2 Å². The molecule has 19 heavy (non-hydrogen) atoms. The van der Waals surface area contributed by atoms with Crippen LogP contribution < -0.4 is 0 Å². The largest absolute Gasteiger partial charge is 0.414 e. The monoisotopic (exact) mass is 288 g/mol. The fourth-order valence-corrected chi connectivity index (χ4v) is 2.38. The van der Waals surface area contributed by atoms with E-state index in [0.717, 1.165) is 12.7 Å². The molecule has 0 spiro atoms. The third-order valence-electron chi connectivity index (χ3n) is 4.06. The fourth-order valence-electron chi connectivity index (χ4n) is 1.35. The Morgan fingerprint density at radius 2 is 1.58 bits per heavy atom. The third kappa shape index (κ3) is 7.85. The first-order chi connectivity index (χ1) is 8.52. The average Bonchev–Trinajstić information content (AvgIpc) is 2.21. The van der Waals surface area contributed by atoms with E-state index in [4.69, 9.17) is 9.16 Å². The maximum atomic E-state index is 10.5. The molecule has 0 atom stereocenters. The molecule has 114 valence electrons. The second-order valence-electron chi connectivity index (χ2n) is 7.51. The van der Waals surface area contributed by atoms with Gasteiger partial charge in [-0.1, -0.05) is 34.6 Å². The number of carbonyl (C=O) groups excluding carboxylic acids is 1. The van der Waals surface area contributed by atoms with Crippen LogP contribution in [0.15, 0.2) is 0 Å². The third-order valence-corrected chi connectivity index (χ3v) is 8.59. The summed E-state index contributed by atoms with van der Waals surface area (Å²) >= 11 is 0. The summed E-state index contributed by atoms with van der Waals surface area (Å²) in [5.41, 5.74) is 0.0437. The van der Waals surface area contributed by atoms with E-state index < -0.39 is 8.32 Å². The Morgan fingerprint density at radius 3 is 2.05 bits per heavy atom. The van der Waals surface area contributed by atoms with Gasteiger partial charge in [0.1, 0.15) is 6.29 Å². The van der Waals surface area contributed by atoms with Gasteiger partial charge in [-0.25, -0.2) is 0 Å². The lowest BCUT2D eigenvalue weighted by atomic mass is 9.87. The highest BCUT2D eigenvalue weighted by molar-refractivity contribution is 6.74. The number of aldehydes is 1. The highest BCUT2D eigenvalue weighted by atomic mass is 28.4. The molecule has 0 saturated carbocycles. The van der Waals surface area contributed by atoms with Crippen molar-refractivity contribution in [2.75, 3.05) is 19.8 Å². The predicted octanol–water partition coefficient (Wildman–Crippen LogP) is 4.03. The van der Waals surface area contributed by atoms with Crippen LogP contribution in [0.3, 0.4) is 0 Å². The molecule has 0 fully saturated rings. The molecule has 0 unspecified atom stereocenters. The van der Waals surface area contributed by atoms with E-state index >= 15 is 0 Å². The zero-order valence-electron chi connectivity index (χ0n) is 13.8. The predicted molar refractivity (Wildman–Crippen MR) is 83.0 cm³/mol. The van der Waals surface area contributed by atoms with Crippen LogP contribution in [0.4, 0.5) is 0 Å². The molecular formula is C15H32O3Si. The molecule has 0 aromatic rings. The van der Waals surface area contributed by atoms with Crippen molar-refractivity contribution < 1.29 is 14.0 Å². The van der Waals surface area contributed by atoms with Crippen LogP contribution in [-0.4, -0.2) is 34.4 Å². The van der Waals surface area contributed by atoms with E-state index in [2.05, 4.69) is 47.7 Å². The van der Waals surface area contributed by atoms with Crippen LogP contribution >= 0.6 is 0 Å². The van der Waals surface area contributed by atoms with Gasteiger partial charge < -0.3 is 14.0 Å². The van der Waals surface area contributed by atoms with E-state index in [-0.39, 0.29) is 10.5 Å². The molecule has 0 aromatic carbocycles. The number of hydrogen-bond acceptors (Lipinski definition) is 3. The van der Waals surface area contributed by atoms with Gasteiger partial charge in [-0.2, -0.15) is 0 Å². The summed E-state index contributed by atoms with van der Waals surface area (Å²) in [5, 5.41) is 0.249. The van der Waals surface area contributed by atoms with Gasteiger partial charge in [0.25, 0.3) is 0 Å². The van der Waals surface area contributed by atoms with Crippen LogP contribution in [0.1, 0.15) is 47.5 Å². The topological polar surface area (TPSA) is 35.5 Å². The normalized spacial score (nSPS) is 13.6. The summed E-state index contributed by atoms with van der Waals surface area (Å²) in [6, 6.07) is 0. The van der Waals surface area contributed by atoms with Gasteiger partial charge in [-0.3, -0.25) is 0 Å². The lowest BCUT2D eigenvalue weighted by molar-refractivity contribution is -0.109. The van der Waals surface area contributed by atoms with Crippen molar-refractivity contribution in [2.45, 2.75) is 65.6 Å². The Bertz CT molecular complexity index is 267. The molecule has 0 aliphatic rings. The minimum Gasteiger partial charge on any atom is -0.414 e. The highest BCUT2D eigenvalue weighted by Crippen LogP contribution is 2.36. The Hall–Kier alpha value is -0.193. The van der Waals surface area contributed by atoms with E-state index in [1.54, 1.807) is 0 Å². The van der Waals surface area contributed by atoms with Crippen LogP contribution in [0, 0.1) is 5.41 Å². The summed E-state index contributed by atoms with van der Waals surface area (Å²) in [6.07, 6.45) is 2.49. The van der Waals surface area contributed by atoms with Crippen molar-refractivity contribution in [1.29, 1.82) is 0 Å². The first kappa shape index (κ1) is 18.8. The molecule has 0 aliphatic heterocycles. The molecule has 4 heteroatoms. The minimum absolute atomic E-state index is 0.0437. The van der Waals surface area contributed by atoms with Crippen LogP contribution in [0.2, 0.25) is 18.1 Å². The lowest BCUT2D eigenvalue weighted by Crippen LogP contribution is -2.41. The second kappa shape index (κ2) is 7.55. The SMILES string of the molecule is CC(C)(CC=O)CCOCCO[Si](C)(C)C(C)(C)C. The molecule has 0 heterocycles. The maximum Gasteiger partial charge on any atom is 0.192 e. The first-order valence-electron chi connectivity index (χ1n) is 7.17. The molecular weight excluding hydrogens is 256 g/mol. The summed E-state index contributed by atoms with van der Waals surface area (Å²) < 4.78 is 11.6. The Morgan fingerprint density at radius 1 is 1.00 bits per heavy atom. The number of hydrogen-bond donors (Lipinski definition) is 0. The number of carbonyl (C=O) groups is 1. The zero-order chi connectivity index (χ0) is 15.2. The van der Waals surface area contributed by atoms with E-state index in [9.17, 15) is 4.79 Å². The van der Waals surface area contributed by atoms with Crippen LogP contribution in [0.25, 0.3) is 0 Å². The molecule has 0 radical (unpaired) electrons. The maximum absolute atomic E-state index is 10.5. The number of ether oxygens (including phenoxy) is 1. The van der Waals surface area contributed by atoms with Crippen molar-refractivity contribution in [3.05, 3.63) is 0 Å². The molecule has 0 rings (SSSR count). The van der Waals surface area contributed by atoms with Crippen molar-refractivity contribution in [2.24, 2.45) is 5.41 Å². The van der Waals surface area contributed by atoms with Gasteiger partial charge in [0, 0.05) is 13.0 Å². The second-order valence-corrected chi connectivity index (χ2v) is 12.3. The highest BCUT2D eigenvalue weighted by Gasteiger charge is 2.36. The van der Waals surface area contributed by atoms with Crippen molar-refractivity contribution >= 4 is 14.6 Å². The van der Waals surface area contributed by atoms with Crippen molar-refractivity contribution in [3.8, 4) is 0 Å². The van der Waals surface area contributed by atoms with Crippen LogP contribution in [0.5, 0.6) is 0 Å². The van der Waals surface area contributed by atoms with Gasteiger partial charge >= 0.3 is 0 Å². The first-order valence-corrected chi connectivity index (χ1v) is 10.1. The molecule has 0 amide bonds. The van der Waals surface area contributed by atoms with Gasteiger partial charge in [-0.15, -0.1) is 0 Å². The minimum atomic E-state index is -1.64. The van der Waals surface area contributed by atoms with Crippen molar-refractivity contribution in [3.63, 3.8) is 0 Å². The molecule has 3 nitrogen and oxygen atoms in total. The zero-order valence-corrected chi connectivity index (χ0v) is 14.8. The Balaban J connectivity index is 3.75. The van der Waals surface area contributed by atoms with E-state index in [0.29, 0.717) is 26.2 Å². The Kier molecular flexibility index (Phi) is 7.48. The van der Waals surface area contributed by atoms with Gasteiger partial charge in [-0.05, 0) is 30.0 Å². The summed E-state index contributed by atoms with van der Waals surface area (Å²) in [4.78, 5) is 10.5. The lowest BCUT2D eigenvalue weighted by Gasteiger charge is -2.36. The summed E-state index contributed by atoms with van der Waals surface area (Å²) in [7, 11) is -1.64. The van der Waals surface area contributed by atoms with E-state index in [1.165, 1.54) is 0 Å². The average molecular weight is 289 g/mol. The molecule has 0 bridgehead atoms. The standard InChI is InChI=1S/C15H32O3Si/c1-14(2,3)19(6,7)18-13-12-17-11-9-15(4,5)8-10-16/h10H,8-9,11-13H2,1-7H3. The van der Waals surface area contributed by atoms with Crippen LogP contribution in [-0.2, 0) is 14.0 Å². The van der Waals surface area contributed by atoms with E-state index in [1.807, 2.05) is 0 Å². The smallest absolute Gasteiger partial charge is 0.192 e. The van der Waals surface area contributed by atoms with Crippen molar-refractivity contribution in [1.82, 2.24) is 0 Å². The molecule has 0 aromatic heterocycles. The number of rotatable bonds is 9. The molecule has 0 saturated heterocycles. The summed E-state index contributed by atoms with van der Waals surface area (Å²) in [6.45, 7) is 17.4. The fraction of sp³-hybridized carbons (Fsp3) is 0.933. The molecule has 0 aliphatic carbocycles. The Labute approximate surface area is 120 Å². The summed E-state index contributed by atoms with van der Waals surface area (Å²) in [5.74, 6) is 0.